The Morgan fingerprint density at radius 3 is 2.42 bits per heavy atom. The van der Waals surface area contributed by atoms with Crippen LogP contribution in [-0.2, 0) is 14.4 Å². The number of nitrogens with one attached hydrogen (secondary N) is 1. The van der Waals surface area contributed by atoms with E-state index < -0.39 is 0 Å². The first-order valence-corrected chi connectivity index (χ1v) is 9.62. The van der Waals surface area contributed by atoms with Gasteiger partial charge >= 0.3 is 0 Å². The number of hydrogen-bond acceptors (Lipinski definition) is 4. The molecule has 0 unspecified atom stereocenters. The molecule has 1 aromatic rings. The highest BCUT2D eigenvalue weighted by molar-refractivity contribution is 7.98. The second-order valence-electron chi connectivity index (χ2n) is 6.32. The van der Waals surface area contributed by atoms with Crippen LogP contribution < -0.4 is 5.32 Å². The molecule has 1 heterocycles. The van der Waals surface area contributed by atoms with Gasteiger partial charge in [0.15, 0.2) is 0 Å². The molecular weight excluding hydrogens is 324 g/mol. The van der Waals surface area contributed by atoms with Crippen molar-refractivity contribution in [2.75, 3.05) is 18.1 Å². The Hall–Kier alpha value is -1.82. The number of carbonyl (C=O) groups excluding carboxylic acids is 3. The van der Waals surface area contributed by atoms with Crippen LogP contribution in [0.2, 0.25) is 0 Å². The van der Waals surface area contributed by atoms with Crippen molar-refractivity contribution >= 4 is 35.2 Å². The highest BCUT2D eigenvalue weighted by Gasteiger charge is 2.47. The lowest BCUT2D eigenvalue weighted by molar-refractivity contribution is -0.140. The van der Waals surface area contributed by atoms with Crippen LogP contribution in [0.15, 0.2) is 29.2 Å². The summed E-state index contributed by atoms with van der Waals surface area (Å²) in [6.07, 6.45) is 5.73. The third-order valence-electron chi connectivity index (χ3n) is 4.88. The third kappa shape index (κ3) is 3.34. The Balaban J connectivity index is 1.58. The number of amides is 3. The van der Waals surface area contributed by atoms with Gasteiger partial charge in [-0.1, -0.05) is 25.0 Å². The number of nitrogens with zero attached hydrogens (tertiary/aromatic N) is 1. The first-order chi connectivity index (χ1) is 11.6. The molecule has 0 aromatic heterocycles. The van der Waals surface area contributed by atoms with Crippen LogP contribution in [0, 0.1) is 11.8 Å². The fraction of sp³-hybridized carbons (Fsp3) is 0.500. The molecule has 1 saturated carbocycles. The number of rotatable bonds is 5. The molecule has 2 atom stereocenters. The van der Waals surface area contributed by atoms with E-state index in [2.05, 4.69) is 5.32 Å². The maximum Gasteiger partial charge on any atom is 0.233 e. The predicted molar refractivity (Wildman–Crippen MR) is 93.6 cm³/mol. The molecular formula is C18H22N2O3S. The number of imide groups is 1. The Bertz CT molecular complexity index is 637. The fourth-order valence-corrected chi connectivity index (χ4v) is 4.18. The highest BCUT2D eigenvalue weighted by atomic mass is 32.2. The summed E-state index contributed by atoms with van der Waals surface area (Å²) in [4.78, 5) is 39.3. The van der Waals surface area contributed by atoms with Gasteiger partial charge in [0.1, 0.15) is 0 Å². The summed E-state index contributed by atoms with van der Waals surface area (Å²) in [7, 11) is 0. The second kappa shape index (κ2) is 7.38. The van der Waals surface area contributed by atoms with Crippen molar-refractivity contribution < 1.29 is 14.4 Å². The van der Waals surface area contributed by atoms with Crippen LogP contribution in [0.1, 0.15) is 32.1 Å². The van der Waals surface area contributed by atoms with Crippen molar-refractivity contribution in [3.05, 3.63) is 24.3 Å². The molecule has 0 radical (unpaired) electrons. The molecule has 2 aliphatic rings. The van der Waals surface area contributed by atoms with Gasteiger partial charge in [-0.15, -0.1) is 11.8 Å². The number of carbonyl (C=O) groups is 3. The molecule has 3 amide bonds. The summed E-state index contributed by atoms with van der Waals surface area (Å²) < 4.78 is 0. The molecule has 0 bridgehead atoms. The van der Waals surface area contributed by atoms with Gasteiger partial charge in [0, 0.05) is 17.9 Å². The normalized spacial score (nSPS) is 23.3. The molecule has 3 rings (SSSR count). The molecule has 5 nitrogen and oxygen atoms in total. The average Bonchev–Trinajstić information content (AvgIpc) is 2.85. The molecule has 1 aromatic carbocycles. The zero-order valence-corrected chi connectivity index (χ0v) is 14.6. The summed E-state index contributed by atoms with van der Waals surface area (Å²) in [5.74, 6) is -0.631. The van der Waals surface area contributed by atoms with Crippen molar-refractivity contribution in [3.8, 4) is 0 Å². The van der Waals surface area contributed by atoms with E-state index in [9.17, 15) is 14.4 Å². The summed E-state index contributed by atoms with van der Waals surface area (Å²) >= 11 is 1.56. The zero-order valence-electron chi connectivity index (χ0n) is 13.8. The molecule has 1 N–H and O–H groups in total. The number of para-hydroxylation sites is 1. The number of benzene rings is 1. The van der Waals surface area contributed by atoms with Crippen LogP contribution in [0.4, 0.5) is 5.69 Å². The lowest BCUT2D eigenvalue weighted by atomic mass is 9.81. The Kier molecular flexibility index (Phi) is 5.23. The molecule has 2 fully saturated rings. The van der Waals surface area contributed by atoms with Gasteiger partial charge in [-0.05, 0) is 31.2 Å². The summed E-state index contributed by atoms with van der Waals surface area (Å²) in [5, 5.41) is 2.87. The van der Waals surface area contributed by atoms with Gasteiger partial charge in [0.25, 0.3) is 0 Å². The number of likely N-dealkylation sites (tertiary alicyclic amines) is 1. The zero-order chi connectivity index (χ0) is 17.1. The minimum atomic E-state index is -0.174. The topological polar surface area (TPSA) is 66.5 Å². The maximum atomic E-state index is 12.4. The van der Waals surface area contributed by atoms with Crippen LogP contribution in [0.25, 0.3) is 0 Å². The van der Waals surface area contributed by atoms with Gasteiger partial charge in [-0.25, -0.2) is 0 Å². The molecule has 1 saturated heterocycles. The fourth-order valence-electron chi connectivity index (χ4n) is 3.63. The SMILES string of the molecule is CSc1ccccc1NC(=O)CCN1C(=O)[C@H]2CCCC[C@@H]2C1=O. The molecule has 1 aliphatic carbocycles. The molecule has 128 valence electrons. The molecule has 1 aliphatic heterocycles. The quantitative estimate of drug-likeness (QED) is 0.658. The van der Waals surface area contributed by atoms with Gasteiger partial charge < -0.3 is 5.32 Å². The molecule has 6 heteroatoms. The van der Waals surface area contributed by atoms with E-state index in [4.69, 9.17) is 0 Å². The van der Waals surface area contributed by atoms with E-state index in [0.717, 1.165) is 36.3 Å². The van der Waals surface area contributed by atoms with Crippen LogP contribution in [0.3, 0.4) is 0 Å². The summed E-state index contributed by atoms with van der Waals surface area (Å²) in [6, 6.07) is 7.58. The Labute approximate surface area is 146 Å². The Morgan fingerprint density at radius 1 is 1.17 bits per heavy atom. The minimum Gasteiger partial charge on any atom is -0.325 e. The smallest absolute Gasteiger partial charge is 0.233 e. The van der Waals surface area contributed by atoms with Gasteiger partial charge in [-0.2, -0.15) is 0 Å². The summed E-state index contributed by atoms with van der Waals surface area (Å²) in [5.41, 5.74) is 0.766. The minimum absolute atomic E-state index is 0.0815. The average molecular weight is 346 g/mol. The second-order valence-corrected chi connectivity index (χ2v) is 7.17. The van der Waals surface area contributed by atoms with Crippen molar-refractivity contribution in [2.24, 2.45) is 11.8 Å². The molecule has 24 heavy (non-hydrogen) atoms. The van der Waals surface area contributed by atoms with Crippen molar-refractivity contribution in [2.45, 2.75) is 37.0 Å². The van der Waals surface area contributed by atoms with Gasteiger partial charge in [-0.3, -0.25) is 19.3 Å². The van der Waals surface area contributed by atoms with E-state index in [-0.39, 0.29) is 42.5 Å². The van der Waals surface area contributed by atoms with Crippen molar-refractivity contribution in [1.29, 1.82) is 0 Å². The number of anilines is 1. The first kappa shape index (κ1) is 17.0. The van der Waals surface area contributed by atoms with Crippen LogP contribution in [-0.4, -0.2) is 35.4 Å². The van der Waals surface area contributed by atoms with E-state index in [1.165, 1.54) is 4.90 Å². The lowest BCUT2D eigenvalue weighted by Crippen LogP contribution is -2.34. The van der Waals surface area contributed by atoms with E-state index >= 15 is 0 Å². The predicted octanol–water partition coefficient (Wildman–Crippen LogP) is 2.91. The van der Waals surface area contributed by atoms with Gasteiger partial charge in [0.05, 0.1) is 17.5 Å². The van der Waals surface area contributed by atoms with E-state index in [1.807, 2.05) is 30.5 Å². The van der Waals surface area contributed by atoms with E-state index in [0.29, 0.717) is 0 Å². The number of thioether (sulfide) groups is 1. The maximum absolute atomic E-state index is 12.4. The number of fused-ring (bicyclic) bond motifs is 1. The highest BCUT2D eigenvalue weighted by Crippen LogP contribution is 2.38. The van der Waals surface area contributed by atoms with E-state index in [1.54, 1.807) is 11.8 Å². The monoisotopic (exact) mass is 346 g/mol. The van der Waals surface area contributed by atoms with Crippen molar-refractivity contribution in [3.63, 3.8) is 0 Å². The van der Waals surface area contributed by atoms with Crippen LogP contribution in [0.5, 0.6) is 0 Å². The largest absolute Gasteiger partial charge is 0.325 e. The lowest BCUT2D eigenvalue weighted by Gasteiger charge is -2.19. The molecule has 0 spiro atoms. The summed E-state index contributed by atoms with van der Waals surface area (Å²) in [6.45, 7) is 0.179. The number of hydrogen-bond donors (Lipinski definition) is 1. The van der Waals surface area contributed by atoms with Crippen LogP contribution >= 0.6 is 11.8 Å². The Morgan fingerprint density at radius 2 is 1.79 bits per heavy atom. The third-order valence-corrected chi connectivity index (χ3v) is 5.67. The standard InChI is InChI=1S/C18H22N2O3S/c1-24-15-9-5-4-8-14(15)19-16(21)10-11-20-17(22)12-6-2-3-7-13(12)18(20)23/h4-5,8-9,12-13H,2-3,6-7,10-11H2,1H3,(H,19,21)/t12-,13-/m0/s1. The first-order valence-electron chi connectivity index (χ1n) is 8.40. The van der Waals surface area contributed by atoms with Crippen molar-refractivity contribution in [1.82, 2.24) is 4.90 Å². The van der Waals surface area contributed by atoms with Gasteiger partial charge in [0.2, 0.25) is 17.7 Å².